The van der Waals surface area contributed by atoms with Crippen LogP contribution in [-0.2, 0) is 9.84 Å². The summed E-state index contributed by atoms with van der Waals surface area (Å²) in [6.07, 6.45) is -0.0535. The van der Waals surface area contributed by atoms with Crippen molar-refractivity contribution in [3.05, 3.63) is 23.3 Å². The lowest BCUT2D eigenvalue weighted by atomic mass is 10.1. The maximum Gasteiger partial charge on any atom is 0.175 e. The largest absolute Gasteiger partial charge is 0.508 e. The number of hydrogen-bond donors (Lipinski definition) is 3. The molecule has 0 heterocycles. The zero-order chi connectivity index (χ0) is 12.5. The standard InChI is InChI=1S/C10H15NO4S/c1-6-3-10(16(2,14)15)7(4-8(6)12)9(13)5-11/h3-4,9,12-13H,5,11H2,1-2H3. The molecule has 6 heteroatoms. The van der Waals surface area contributed by atoms with Crippen LogP contribution < -0.4 is 5.73 Å². The molecule has 1 atom stereocenters. The Hall–Kier alpha value is -1.11. The second-order valence-corrected chi connectivity index (χ2v) is 5.68. The van der Waals surface area contributed by atoms with Gasteiger partial charge in [0.1, 0.15) is 5.75 Å². The predicted octanol–water partition coefficient (Wildman–Crippen LogP) is 0.0962. The van der Waals surface area contributed by atoms with Gasteiger partial charge in [-0.3, -0.25) is 0 Å². The third-order valence-corrected chi connectivity index (χ3v) is 3.46. The first-order chi connectivity index (χ1) is 7.27. The highest BCUT2D eigenvalue weighted by atomic mass is 32.2. The molecule has 0 amide bonds. The van der Waals surface area contributed by atoms with Gasteiger partial charge in [-0.1, -0.05) is 0 Å². The normalized spacial score (nSPS) is 13.8. The monoisotopic (exact) mass is 245 g/mol. The lowest BCUT2D eigenvalue weighted by Crippen LogP contribution is -2.15. The lowest BCUT2D eigenvalue weighted by molar-refractivity contribution is 0.183. The van der Waals surface area contributed by atoms with Crippen LogP contribution in [0.5, 0.6) is 5.75 Å². The minimum Gasteiger partial charge on any atom is -0.508 e. The van der Waals surface area contributed by atoms with Crippen molar-refractivity contribution >= 4 is 9.84 Å². The highest BCUT2D eigenvalue weighted by Gasteiger charge is 2.20. The van der Waals surface area contributed by atoms with E-state index in [0.29, 0.717) is 5.56 Å². The molecule has 0 aromatic heterocycles. The van der Waals surface area contributed by atoms with E-state index in [-0.39, 0.29) is 22.8 Å². The van der Waals surface area contributed by atoms with E-state index in [1.54, 1.807) is 6.92 Å². The molecule has 0 bridgehead atoms. The summed E-state index contributed by atoms with van der Waals surface area (Å²) in [5.74, 6) is -0.0603. The van der Waals surface area contributed by atoms with Crippen molar-refractivity contribution in [2.45, 2.75) is 17.9 Å². The van der Waals surface area contributed by atoms with Gasteiger partial charge in [-0.2, -0.15) is 0 Å². The van der Waals surface area contributed by atoms with Crippen molar-refractivity contribution in [1.29, 1.82) is 0 Å². The summed E-state index contributed by atoms with van der Waals surface area (Å²) < 4.78 is 23.0. The fourth-order valence-corrected chi connectivity index (χ4v) is 2.41. The Labute approximate surface area is 94.4 Å². The maximum atomic E-state index is 11.5. The Kier molecular flexibility index (Phi) is 3.57. The van der Waals surface area contributed by atoms with Gasteiger partial charge in [0.15, 0.2) is 9.84 Å². The molecule has 0 aliphatic rings. The number of phenolic OH excluding ortho intramolecular Hbond substituents is 1. The van der Waals surface area contributed by atoms with E-state index < -0.39 is 15.9 Å². The third kappa shape index (κ3) is 2.52. The lowest BCUT2D eigenvalue weighted by Gasteiger charge is -2.14. The Morgan fingerprint density at radius 2 is 2.00 bits per heavy atom. The summed E-state index contributed by atoms with van der Waals surface area (Å²) in [4.78, 5) is 0.000694. The van der Waals surface area contributed by atoms with Gasteiger partial charge >= 0.3 is 0 Å². The summed E-state index contributed by atoms with van der Waals surface area (Å²) in [6.45, 7) is 1.48. The summed E-state index contributed by atoms with van der Waals surface area (Å²) in [7, 11) is -3.45. The second-order valence-electron chi connectivity index (χ2n) is 3.70. The van der Waals surface area contributed by atoms with Crippen molar-refractivity contribution in [2.24, 2.45) is 5.73 Å². The van der Waals surface area contributed by atoms with Crippen LogP contribution in [0.4, 0.5) is 0 Å². The minimum atomic E-state index is -3.45. The van der Waals surface area contributed by atoms with Gasteiger partial charge in [-0.15, -0.1) is 0 Å². The Bertz CT molecular complexity index is 496. The first-order valence-electron chi connectivity index (χ1n) is 4.69. The molecular formula is C10H15NO4S. The zero-order valence-corrected chi connectivity index (χ0v) is 9.95. The molecule has 0 aliphatic carbocycles. The molecule has 0 radical (unpaired) electrons. The highest BCUT2D eigenvalue weighted by molar-refractivity contribution is 7.90. The van der Waals surface area contributed by atoms with Crippen molar-refractivity contribution in [1.82, 2.24) is 0 Å². The summed E-state index contributed by atoms with van der Waals surface area (Å²) in [5.41, 5.74) is 5.85. The number of sulfone groups is 1. The van der Waals surface area contributed by atoms with Gasteiger partial charge in [0.25, 0.3) is 0 Å². The molecule has 0 aliphatic heterocycles. The maximum absolute atomic E-state index is 11.5. The van der Waals surface area contributed by atoms with E-state index >= 15 is 0 Å². The smallest absolute Gasteiger partial charge is 0.175 e. The van der Waals surface area contributed by atoms with Gasteiger partial charge in [-0.05, 0) is 24.6 Å². The topological polar surface area (TPSA) is 101 Å². The van der Waals surface area contributed by atoms with Crippen LogP contribution in [0.1, 0.15) is 17.2 Å². The van der Waals surface area contributed by atoms with Gasteiger partial charge in [-0.25, -0.2) is 8.42 Å². The van der Waals surface area contributed by atoms with E-state index in [0.717, 1.165) is 6.26 Å². The van der Waals surface area contributed by atoms with Crippen LogP contribution in [-0.4, -0.2) is 31.4 Å². The minimum absolute atomic E-state index is 0.000694. The number of hydrogen-bond acceptors (Lipinski definition) is 5. The average molecular weight is 245 g/mol. The van der Waals surface area contributed by atoms with Crippen LogP contribution in [0.2, 0.25) is 0 Å². The quantitative estimate of drug-likeness (QED) is 0.701. The molecule has 0 saturated carbocycles. The number of phenols is 1. The van der Waals surface area contributed by atoms with Crippen molar-refractivity contribution in [2.75, 3.05) is 12.8 Å². The summed E-state index contributed by atoms with van der Waals surface area (Å²) >= 11 is 0. The molecule has 0 saturated heterocycles. The Morgan fingerprint density at radius 3 is 2.44 bits per heavy atom. The number of aliphatic hydroxyl groups excluding tert-OH is 1. The van der Waals surface area contributed by atoms with Crippen LogP contribution in [0.25, 0.3) is 0 Å². The molecule has 4 N–H and O–H groups in total. The third-order valence-electron chi connectivity index (χ3n) is 2.31. The summed E-state index contributed by atoms with van der Waals surface area (Å²) in [6, 6.07) is 2.57. The molecule has 16 heavy (non-hydrogen) atoms. The number of aliphatic hydroxyl groups is 1. The zero-order valence-electron chi connectivity index (χ0n) is 9.14. The Morgan fingerprint density at radius 1 is 1.44 bits per heavy atom. The molecule has 90 valence electrons. The molecule has 0 spiro atoms. The number of benzene rings is 1. The highest BCUT2D eigenvalue weighted by Crippen LogP contribution is 2.29. The van der Waals surface area contributed by atoms with E-state index in [1.165, 1.54) is 12.1 Å². The number of aryl methyl sites for hydroxylation is 1. The van der Waals surface area contributed by atoms with Crippen molar-refractivity contribution < 1.29 is 18.6 Å². The van der Waals surface area contributed by atoms with Crippen molar-refractivity contribution in [3.63, 3.8) is 0 Å². The first kappa shape index (κ1) is 13.0. The SMILES string of the molecule is Cc1cc(S(C)(=O)=O)c(C(O)CN)cc1O. The van der Waals surface area contributed by atoms with E-state index in [2.05, 4.69) is 0 Å². The fourth-order valence-electron chi connectivity index (χ4n) is 1.39. The van der Waals surface area contributed by atoms with Gasteiger partial charge in [0.2, 0.25) is 0 Å². The molecule has 1 aromatic rings. The van der Waals surface area contributed by atoms with E-state index in [1.807, 2.05) is 0 Å². The molecular weight excluding hydrogens is 230 g/mol. The predicted molar refractivity (Wildman–Crippen MR) is 60.0 cm³/mol. The number of nitrogens with two attached hydrogens (primary N) is 1. The van der Waals surface area contributed by atoms with Crippen LogP contribution >= 0.6 is 0 Å². The molecule has 1 aromatic carbocycles. The van der Waals surface area contributed by atoms with Gasteiger partial charge < -0.3 is 15.9 Å². The van der Waals surface area contributed by atoms with Crippen LogP contribution in [0.15, 0.2) is 17.0 Å². The van der Waals surface area contributed by atoms with Crippen molar-refractivity contribution in [3.8, 4) is 5.75 Å². The molecule has 1 rings (SSSR count). The van der Waals surface area contributed by atoms with E-state index in [4.69, 9.17) is 5.73 Å². The fraction of sp³-hybridized carbons (Fsp3) is 0.400. The Balaban J connectivity index is 3.52. The van der Waals surface area contributed by atoms with Gasteiger partial charge in [0, 0.05) is 18.4 Å². The van der Waals surface area contributed by atoms with Gasteiger partial charge in [0.05, 0.1) is 11.0 Å². The van der Waals surface area contributed by atoms with E-state index in [9.17, 15) is 18.6 Å². The molecule has 0 fully saturated rings. The molecule has 1 unspecified atom stereocenters. The number of rotatable bonds is 3. The second kappa shape index (κ2) is 4.40. The average Bonchev–Trinajstić information content (AvgIpc) is 2.18. The first-order valence-corrected chi connectivity index (χ1v) is 6.58. The summed E-state index contributed by atoms with van der Waals surface area (Å²) in [5, 5.41) is 19.1. The van der Waals surface area contributed by atoms with Crippen LogP contribution in [0.3, 0.4) is 0 Å². The van der Waals surface area contributed by atoms with Crippen LogP contribution in [0, 0.1) is 6.92 Å². The number of aromatic hydroxyl groups is 1. The molecule has 5 nitrogen and oxygen atoms in total.